The van der Waals surface area contributed by atoms with Crippen molar-refractivity contribution < 1.29 is 22.7 Å². The average molecular weight is 558 g/mol. The number of ether oxygens (including phenoxy) is 1. The number of amides is 1. The lowest BCUT2D eigenvalue weighted by Crippen LogP contribution is -2.45. The van der Waals surface area contributed by atoms with E-state index < -0.39 is 23.5 Å². The molecule has 0 saturated carbocycles. The first-order chi connectivity index (χ1) is 18.5. The van der Waals surface area contributed by atoms with Crippen molar-refractivity contribution in [1.29, 1.82) is 5.26 Å². The molecule has 4 rings (SSSR count). The molecule has 0 fully saturated rings. The zero-order chi connectivity index (χ0) is 28.3. The lowest BCUT2D eigenvalue weighted by molar-refractivity contribution is -0.137. The number of thiocarbonyl (C=S) groups is 1. The fraction of sp³-hybridized carbons (Fsp3) is 0.308. The third-order valence-corrected chi connectivity index (χ3v) is 6.13. The largest absolute Gasteiger partial charge is 0.493 e. The number of carbonyl (C=O) groups is 1. The van der Waals surface area contributed by atoms with Crippen LogP contribution >= 0.6 is 12.2 Å². The van der Waals surface area contributed by atoms with Crippen LogP contribution in [0.1, 0.15) is 65.1 Å². The molecule has 204 valence electrons. The van der Waals surface area contributed by atoms with Crippen molar-refractivity contribution in [2.24, 2.45) is 0 Å². The van der Waals surface area contributed by atoms with E-state index in [0.29, 0.717) is 41.4 Å². The summed E-state index contributed by atoms with van der Waals surface area (Å²) in [5.74, 6) is 0.979. The van der Waals surface area contributed by atoms with E-state index in [1.54, 1.807) is 35.9 Å². The number of carbonyl (C=O) groups excluding carboxylic acids is 1. The van der Waals surface area contributed by atoms with Gasteiger partial charge in [0.05, 0.1) is 29.5 Å². The Bertz CT molecular complexity index is 1460. The van der Waals surface area contributed by atoms with Crippen molar-refractivity contribution in [2.75, 3.05) is 22.7 Å². The lowest BCUT2D eigenvalue weighted by atomic mass is 10.1. The lowest BCUT2D eigenvalue weighted by Gasteiger charge is -2.30. The minimum atomic E-state index is -4.69. The maximum atomic E-state index is 13.3. The van der Waals surface area contributed by atoms with Gasteiger partial charge in [0.15, 0.2) is 10.8 Å². The molecule has 2 aromatic carbocycles. The van der Waals surface area contributed by atoms with Crippen molar-refractivity contribution in [2.45, 2.75) is 46.0 Å². The summed E-state index contributed by atoms with van der Waals surface area (Å²) in [6, 6.07) is 9.93. The maximum Gasteiger partial charge on any atom is 0.417 e. The Morgan fingerprint density at radius 2 is 1.90 bits per heavy atom. The number of hydrogen-bond donors (Lipinski definition) is 4. The number of benzene rings is 2. The van der Waals surface area contributed by atoms with Gasteiger partial charge in [0, 0.05) is 23.4 Å². The van der Waals surface area contributed by atoms with E-state index in [1.165, 1.54) is 6.07 Å². The average Bonchev–Trinajstić information content (AvgIpc) is 3.20. The van der Waals surface area contributed by atoms with Crippen molar-refractivity contribution in [3.8, 4) is 11.8 Å². The molecule has 1 unspecified atom stereocenters. The van der Waals surface area contributed by atoms with Crippen LogP contribution in [0.3, 0.4) is 0 Å². The van der Waals surface area contributed by atoms with Crippen LogP contribution in [0.2, 0.25) is 0 Å². The van der Waals surface area contributed by atoms with Crippen LogP contribution in [0, 0.1) is 18.3 Å². The number of nitrogens with zero attached hydrogens (tertiary/aromatic N) is 3. The maximum absolute atomic E-state index is 13.3. The number of nitriles is 1. The SMILES string of the molecule is CCCc1nc(C)c2n1NC(c1cc(NC(=S)Nc3ccc(C#N)c(C(F)(F)F)c3)ccc1OCC)NC2=O. The number of imidazole rings is 1. The summed E-state index contributed by atoms with van der Waals surface area (Å²) in [5.41, 5.74) is 4.00. The third kappa shape index (κ3) is 5.91. The number of aromatic nitrogens is 2. The Balaban J connectivity index is 1.59. The second-order valence-corrected chi connectivity index (χ2v) is 9.13. The van der Waals surface area contributed by atoms with Crippen LogP contribution in [-0.2, 0) is 12.6 Å². The van der Waals surface area contributed by atoms with E-state index in [9.17, 15) is 18.0 Å². The summed E-state index contributed by atoms with van der Waals surface area (Å²) >= 11 is 5.32. The Labute approximate surface area is 228 Å². The first-order valence-electron chi connectivity index (χ1n) is 12.2. The summed E-state index contributed by atoms with van der Waals surface area (Å²) in [6.45, 7) is 6.03. The van der Waals surface area contributed by atoms with Gasteiger partial charge in [0.25, 0.3) is 5.91 Å². The van der Waals surface area contributed by atoms with Crippen LogP contribution in [0.4, 0.5) is 24.5 Å². The minimum absolute atomic E-state index is 0.0290. The fourth-order valence-corrected chi connectivity index (χ4v) is 4.51. The molecule has 0 spiro atoms. The highest BCUT2D eigenvalue weighted by Crippen LogP contribution is 2.34. The highest BCUT2D eigenvalue weighted by Gasteiger charge is 2.34. The van der Waals surface area contributed by atoms with E-state index in [1.807, 2.05) is 13.8 Å². The van der Waals surface area contributed by atoms with Gasteiger partial charge in [0.1, 0.15) is 17.7 Å². The minimum Gasteiger partial charge on any atom is -0.493 e. The second kappa shape index (κ2) is 11.2. The second-order valence-electron chi connectivity index (χ2n) is 8.72. The topological polar surface area (TPSA) is 116 Å². The summed E-state index contributed by atoms with van der Waals surface area (Å²) in [6.07, 6.45) is -3.82. The molecule has 1 aliphatic rings. The van der Waals surface area contributed by atoms with Gasteiger partial charge in [-0.05, 0) is 68.9 Å². The Morgan fingerprint density at radius 1 is 1.21 bits per heavy atom. The van der Waals surface area contributed by atoms with E-state index in [0.717, 1.165) is 24.4 Å². The standard InChI is InChI=1S/C26H26F3N7O2S/c1-4-6-21-31-14(3)22-24(37)34-23(35-36(21)22)18-11-16(9-10-20(18)38-5-2)32-25(39)33-17-8-7-15(13-30)19(12-17)26(27,28)29/h7-12,23,35H,4-6H2,1-3H3,(H,34,37)(H2,32,33,39). The zero-order valence-electron chi connectivity index (χ0n) is 21.4. The number of hydrogen-bond acceptors (Lipinski definition) is 6. The number of aryl methyl sites for hydroxylation is 2. The summed E-state index contributed by atoms with van der Waals surface area (Å²) in [4.78, 5) is 17.5. The van der Waals surface area contributed by atoms with E-state index in [2.05, 4.69) is 26.4 Å². The van der Waals surface area contributed by atoms with Crippen molar-refractivity contribution in [1.82, 2.24) is 15.0 Å². The molecule has 0 saturated heterocycles. The molecular formula is C26H26F3N7O2S. The molecule has 1 atom stereocenters. The Kier molecular flexibility index (Phi) is 7.96. The zero-order valence-corrected chi connectivity index (χ0v) is 22.2. The van der Waals surface area contributed by atoms with Crippen LogP contribution in [0.15, 0.2) is 36.4 Å². The number of alkyl halides is 3. The van der Waals surface area contributed by atoms with Gasteiger partial charge >= 0.3 is 6.18 Å². The van der Waals surface area contributed by atoms with Crippen molar-refractivity contribution in [3.63, 3.8) is 0 Å². The predicted molar refractivity (Wildman–Crippen MR) is 144 cm³/mol. The van der Waals surface area contributed by atoms with Crippen molar-refractivity contribution in [3.05, 3.63) is 70.3 Å². The van der Waals surface area contributed by atoms with Gasteiger partial charge in [-0.25, -0.2) is 9.66 Å². The van der Waals surface area contributed by atoms with Gasteiger partial charge < -0.3 is 20.7 Å². The number of halogens is 3. The van der Waals surface area contributed by atoms with Gasteiger partial charge in [-0.15, -0.1) is 0 Å². The molecule has 1 aliphatic heterocycles. The molecule has 1 aromatic heterocycles. The monoisotopic (exact) mass is 557 g/mol. The quantitative estimate of drug-likeness (QED) is 0.292. The number of rotatable bonds is 7. The van der Waals surface area contributed by atoms with Crippen LogP contribution in [0.5, 0.6) is 5.75 Å². The van der Waals surface area contributed by atoms with E-state index in [-0.39, 0.29) is 16.7 Å². The summed E-state index contributed by atoms with van der Waals surface area (Å²) < 4.78 is 47.5. The molecule has 4 N–H and O–H groups in total. The molecule has 0 bridgehead atoms. The summed E-state index contributed by atoms with van der Waals surface area (Å²) in [5, 5.41) is 17.6. The predicted octanol–water partition coefficient (Wildman–Crippen LogP) is 5.23. The normalized spacial score (nSPS) is 14.5. The third-order valence-electron chi connectivity index (χ3n) is 5.93. The van der Waals surface area contributed by atoms with Crippen LogP contribution in [-0.4, -0.2) is 27.3 Å². The van der Waals surface area contributed by atoms with Crippen molar-refractivity contribution >= 4 is 34.6 Å². The molecule has 1 amide bonds. The molecule has 0 radical (unpaired) electrons. The number of fused-ring (bicyclic) bond motifs is 1. The fourth-order valence-electron chi connectivity index (χ4n) is 4.28. The molecule has 9 nitrogen and oxygen atoms in total. The van der Waals surface area contributed by atoms with Crippen LogP contribution in [0.25, 0.3) is 0 Å². The molecule has 3 aromatic rings. The first kappa shape index (κ1) is 27.7. The summed E-state index contributed by atoms with van der Waals surface area (Å²) in [7, 11) is 0. The molecule has 39 heavy (non-hydrogen) atoms. The molecule has 2 heterocycles. The molecule has 13 heteroatoms. The van der Waals surface area contributed by atoms with Gasteiger partial charge in [-0.2, -0.15) is 18.4 Å². The highest BCUT2D eigenvalue weighted by atomic mass is 32.1. The van der Waals surface area contributed by atoms with Crippen LogP contribution < -0.4 is 26.1 Å². The number of nitrogens with one attached hydrogen (secondary N) is 4. The molecular weight excluding hydrogens is 531 g/mol. The highest BCUT2D eigenvalue weighted by molar-refractivity contribution is 7.80. The van der Waals surface area contributed by atoms with Gasteiger partial charge in [-0.1, -0.05) is 6.92 Å². The van der Waals surface area contributed by atoms with E-state index >= 15 is 0 Å². The van der Waals surface area contributed by atoms with Gasteiger partial charge in [-0.3, -0.25) is 10.2 Å². The Hall–Kier alpha value is -4.31. The van der Waals surface area contributed by atoms with Gasteiger partial charge in [0.2, 0.25) is 0 Å². The Morgan fingerprint density at radius 3 is 2.54 bits per heavy atom. The van der Waals surface area contributed by atoms with E-state index in [4.69, 9.17) is 22.2 Å². The first-order valence-corrected chi connectivity index (χ1v) is 12.6. The molecule has 0 aliphatic carbocycles. The number of anilines is 2. The smallest absolute Gasteiger partial charge is 0.417 e.